The van der Waals surface area contributed by atoms with Gasteiger partial charge in [-0.1, -0.05) is 27.7 Å². The Morgan fingerprint density at radius 1 is 1.04 bits per heavy atom. The molecule has 1 aliphatic heterocycles. The van der Waals surface area contributed by atoms with E-state index >= 15 is 0 Å². The lowest BCUT2D eigenvalue weighted by Gasteiger charge is -2.29. The van der Waals surface area contributed by atoms with E-state index in [1.54, 1.807) is 41.5 Å². The molecule has 3 heterocycles. The molecule has 2 fully saturated rings. The van der Waals surface area contributed by atoms with Crippen molar-refractivity contribution in [2.45, 2.75) is 110 Å². The monoisotopic (exact) mass is 752 g/mol. The predicted molar refractivity (Wildman–Crippen MR) is 178 cm³/mol. The third kappa shape index (κ3) is 9.36. The number of anilines is 1. The SMILES string of the molecule is CC(C)OC(=O)OCOP(=O)(N[C@@H](C)C(=O)OC1CCC1)OC[C@H]1O[C@@](C#N)(c2ccc3c(N)ncnn23)[C@H](OC(=O)C(C)C)[C@@H]1OC(=O)C(C)C. The minimum absolute atomic E-state index is 0.0377. The summed E-state index contributed by atoms with van der Waals surface area (Å²) in [6.45, 7) is 9.11. The van der Waals surface area contributed by atoms with Gasteiger partial charge >= 0.3 is 31.8 Å². The Morgan fingerprint density at radius 3 is 2.31 bits per heavy atom. The molecule has 1 aliphatic carbocycles. The van der Waals surface area contributed by atoms with Crippen LogP contribution in [0.1, 0.15) is 73.4 Å². The largest absolute Gasteiger partial charge is 0.510 e. The quantitative estimate of drug-likeness (QED) is 0.108. The number of nitriles is 1. The van der Waals surface area contributed by atoms with Crippen LogP contribution >= 0.6 is 7.75 Å². The zero-order valence-corrected chi connectivity index (χ0v) is 30.9. The molecule has 0 radical (unpaired) electrons. The maximum absolute atomic E-state index is 14.2. The van der Waals surface area contributed by atoms with Crippen LogP contribution in [0.25, 0.3) is 5.52 Å². The number of nitrogen functional groups attached to an aromatic ring is 1. The molecule has 0 amide bonds. The van der Waals surface area contributed by atoms with Gasteiger partial charge in [0.25, 0.3) is 0 Å². The van der Waals surface area contributed by atoms with Crippen molar-refractivity contribution >= 4 is 43.1 Å². The Bertz CT molecular complexity index is 1710. The van der Waals surface area contributed by atoms with Crippen molar-refractivity contribution in [1.82, 2.24) is 19.7 Å². The van der Waals surface area contributed by atoms with E-state index in [0.29, 0.717) is 18.4 Å². The zero-order valence-electron chi connectivity index (χ0n) is 30.0. The number of rotatable bonds is 16. The van der Waals surface area contributed by atoms with Crippen LogP contribution in [-0.2, 0) is 62.0 Å². The van der Waals surface area contributed by atoms with E-state index in [2.05, 4.69) is 21.2 Å². The lowest BCUT2D eigenvalue weighted by molar-refractivity contribution is -0.173. The number of ether oxygens (including phenoxy) is 6. The number of carbonyl (C=O) groups is 4. The molecule has 6 atom stereocenters. The third-order valence-corrected chi connectivity index (χ3v) is 9.69. The summed E-state index contributed by atoms with van der Waals surface area (Å²) in [4.78, 5) is 55.0. The Hall–Kier alpha value is -4.34. The van der Waals surface area contributed by atoms with Gasteiger partial charge in [-0.2, -0.15) is 10.4 Å². The molecule has 20 heteroatoms. The van der Waals surface area contributed by atoms with Crippen molar-refractivity contribution in [2.24, 2.45) is 11.8 Å². The summed E-state index contributed by atoms with van der Waals surface area (Å²) in [5.41, 5.74) is 4.16. The van der Waals surface area contributed by atoms with Crippen molar-refractivity contribution in [2.75, 3.05) is 19.1 Å². The standard InChI is InChI=1S/C32H45N6O13P/c1-17(2)28(39)49-25-23(13-45-52(43,46-16-44-31(42)47-19(5)6)37-20(7)30(41)48-21-9-8-10-21)51-32(14-33,26(25)50-29(40)18(3)4)24-12-11-22-27(34)35-15-36-38(22)24/h11-12,15,17-21,23,25-26H,8-10,13,16H2,1-7H3,(H,37,43)(H2,34,35,36)/t20-,23+,25+,26+,32-,52?/m0/s1. The number of aromatic nitrogens is 3. The van der Waals surface area contributed by atoms with Crippen LogP contribution in [0.3, 0.4) is 0 Å². The lowest BCUT2D eigenvalue weighted by atomic mass is 9.92. The number of nitrogens with one attached hydrogen (secondary N) is 1. The van der Waals surface area contributed by atoms with Gasteiger partial charge in [0.05, 0.1) is 30.2 Å². The average molecular weight is 753 g/mol. The smallest absolute Gasteiger partial charge is 0.461 e. The molecule has 1 saturated heterocycles. The summed E-state index contributed by atoms with van der Waals surface area (Å²) >= 11 is 0. The number of hydrogen-bond donors (Lipinski definition) is 2. The van der Waals surface area contributed by atoms with Crippen LogP contribution in [0.4, 0.5) is 10.6 Å². The van der Waals surface area contributed by atoms with Crippen molar-refractivity contribution in [1.29, 1.82) is 5.26 Å². The molecule has 0 bridgehead atoms. The van der Waals surface area contributed by atoms with Crippen LogP contribution in [0.15, 0.2) is 18.5 Å². The maximum Gasteiger partial charge on any atom is 0.510 e. The fraction of sp³-hybridized carbons (Fsp3) is 0.656. The maximum atomic E-state index is 14.2. The van der Waals surface area contributed by atoms with Gasteiger partial charge in [-0.25, -0.2) is 23.9 Å². The fourth-order valence-electron chi connectivity index (χ4n) is 5.03. The summed E-state index contributed by atoms with van der Waals surface area (Å²) in [5.74, 6) is -3.54. The van der Waals surface area contributed by atoms with Gasteiger partial charge in [-0.3, -0.25) is 23.4 Å². The van der Waals surface area contributed by atoms with E-state index in [1.165, 1.54) is 23.6 Å². The van der Waals surface area contributed by atoms with E-state index in [4.69, 9.17) is 43.2 Å². The summed E-state index contributed by atoms with van der Waals surface area (Å²) < 4.78 is 59.7. The Balaban J connectivity index is 1.71. The first-order chi connectivity index (χ1) is 24.5. The Labute approximate surface area is 300 Å². The molecule has 3 N–H and O–H groups in total. The molecule has 1 unspecified atom stereocenters. The molecule has 286 valence electrons. The second-order valence-electron chi connectivity index (χ2n) is 13.2. The number of hydrogen-bond acceptors (Lipinski definition) is 17. The van der Waals surface area contributed by atoms with E-state index in [-0.39, 0.29) is 17.6 Å². The number of carbonyl (C=O) groups excluding carboxylic acids is 4. The topological polar surface area (TPSA) is 251 Å². The molecule has 1 saturated carbocycles. The van der Waals surface area contributed by atoms with Crippen molar-refractivity contribution in [3.63, 3.8) is 0 Å². The Morgan fingerprint density at radius 2 is 1.71 bits per heavy atom. The summed E-state index contributed by atoms with van der Waals surface area (Å²) in [6.07, 6.45) is -3.17. The highest BCUT2D eigenvalue weighted by Crippen LogP contribution is 2.48. The fourth-order valence-corrected chi connectivity index (χ4v) is 6.37. The van der Waals surface area contributed by atoms with E-state index in [1.807, 2.05) is 0 Å². The van der Waals surface area contributed by atoms with E-state index < -0.39 is 93.1 Å². The molecule has 0 aromatic carbocycles. The first-order valence-electron chi connectivity index (χ1n) is 16.8. The predicted octanol–water partition coefficient (Wildman–Crippen LogP) is 3.30. The molecule has 2 aliphatic rings. The molecule has 2 aromatic rings. The van der Waals surface area contributed by atoms with Crippen molar-refractivity contribution in [3.8, 4) is 6.07 Å². The molecule has 2 aromatic heterocycles. The summed E-state index contributed by atoms with van der Waals surface area (Å²) in [6, 6.07) is 3.80. The van der Waals surface area contributed by atoms with Crippen molar-refractivity contribution in [3.05, 3.63) is 24.2 Å². The van der Waals surface area contributed by atoms with Crippen LogP contribution < -0.4 is 10.8 Å². The second-order valence-corrected chi connectivity index (χ2v) is 14.9. The lowest BCUT2D eigenvalue weighted by Crippen LogP contribution is -2.47. The van der Waals surface area contributed by atoms with Crippen LogP contribution in [-0.4, -0.2) is 88.6 Å². The normalized spacial score (nSPS) is 23.4. The van der Waals surface area contributed by atoms with Gasteiger partial charge in [0.15, 0.2) is 18.0 Å². The van der Waals surface area contributed by atoms with E-state index in [0.717, 1.165) is 12.7 Å². The van der Waals surface area contributed by atoms with Gasteiger partial charge in [0.1, 0.15) is 36.2 Å². The number of nitrogens with two attached hydrogens (primary N) is 1. The highest BCUT2D eigenvalue weighted by Gasteiger charge is 2.63. The van der Waals surface area contributed by atoms with Gasteiger partial charge in [0, 0.05) is 0 Å². The minimum atomic E-state index is -4.64. The van der Waals surface area contributed by atoms with Gasteiger partial charge < -0.3 is 34.2 Å². The first kappa shape index (κ1) is 40.4. The van der Waals surface area contributed by atoms with E-state index in [9.17, 15) is 29.0 Å². The van der Waals surface area contributed by atoms with Crippen molar-refractivity contribution < 1.29 is 61.2 Å². The van der Waals surface area contributed by atoms with Crippen LogP contribution in [0.5, 0.6) is 0 Å². The summed E-state index contributed by atoms with van der Waals surface area (Å²) in [5, 5.41) is 17.5. The Kier molecular flexibility index (Phi) is 13.2. The number of fused-ring (bicyclic) bond motifs is 1. The molecular formula is C32H45N6O13P. The van der Waals surface area contributed by atoms with Crippen LogP contribution in [0, 0.1) is 23.2 Å². The molecule has 0 spiro atoms. The minimum Gasteiger partial charge on any atom is -0.461 e. The van der Waals surface area contributed by atoms with Gasteiger partial charge in [-0.05, 0) is 52.2 Å². The average Bonchev–Trinajstić information content (AvgIpc) is 3.62. The highest BCUT2D eigenvalue weighted by molar-refractivity contribution is 7.51. The third-order valence-electron chi connectivity index (χ3n) is 8.05. The van der Waals surface area contributed by atoms with Gasteiger partial charge in [-0.15, -0.1) is 0 Å². The first-order valence-corrected chi connectivity index (χ1v) is 18.3. The second kappa shape index (κ2) is 17.0. The molecule has 4 rings (SSSR count). The summed E-state index contributed by atoms with van der Waals surface area (Å²) in [7, 11) is -4.64. The zero-order chi connectivity index (χ0) is 38.4. The molecule has 19 nitrogen and oxygen atoms in total. The van der Waals surface area contributed by atoms with Gasteiger partial charge in [0.2, 0.25) is 12.4 Å². The highest BCUT2D eigenvalue weighted by atomic mass is 31.2. The molecule has 52 heavy (non-hydrogen) atoms. The molecular weight excluding hydrogens is 707 g/mol. The number of esters is 3. The number of nitrogens with zero attached hydrogens (tertiary/aromatic N) is 4. The van der Waals surface area contributed by atoms with Crippen LogP contribution in [0.2, 0.25) is 0 Å².